The van der Waals surface area contributed by atoms with Gasteiger partial charge >= 0.3 is 12.2 Å². The average molecular weight is 340 g/mol. The summed E-state index contributed by atoms with van der Waals surface area (Å²) in [5, 5.41) is 2.52. The van der Waals surface area contributed by atoms with Crippen molar-refractivity contribution in [3.8, 4) is 0 Å². The van der Waals surface area contributed by atoms with E-state index in [1.165, 1.54) is 7.11 Å². The largest absolute Gasteiger partial charge is 0.463 e. The maximum absolute atomic E-state index is 12.2. The van der Waals surface area contributed by atoms with E-state index < -0.39 is 29.8 Å². The molecule has 2 atom stereocenters. The number of nitrogens with one attached hydrogen (secondary N) is 1. The lowest BCUT2D eigenvalue weighted by Gasteiger charge is -2.30. The second-order valence-corrected chi connectivity index (χ2v) is 5.55. The highest BCUT2D eigenvalue weighted by molar-refractivity contribution is 6.25. The zero-order valence-electron chi connectivity index (χ0n) is 14.1. The molecule has 1 aliphatic heterocycles. The van der Waals surface area contributed by atoms with Gasteiger partial charge in [-0.15, -0.1) is 0 Å². The van der Waals surface area contributed by atoms with E-state index in [4.69, 9.17) is 15.0 Å². The number of hydrogen-bond acceptors (Lipinski definition) is 6. The summed E-state index contributed by atoms with van der Waals surface area (Å²) in [6, 6.07) is -0.956. The van der Waals surface area contributed by atoms with Crippen LogP contribution in [-0.4, -0.2) is 79.1 Å². The van der Waals surface area contributed by atoms with E-state index >= 15 is 0 Å². The molecule has 0 aromatic carbocycles. The highest BCUT2D eigenvalue weighted by Crippen LogP contribution is 2.06. The number of methoxy groups -OCH3 is 1. The summed E-state index contributed by atoms with van der Waals surface area (Å²) >= 11 is 0. The molecule has 0 aromatic rings. The first kappa shape index (κ1) is 20.0. The molecule has 1 rings (SSSR count). The lowest BCUT2D eigenvalue weighted by Crippen LogP contribution is -2.47. The molecule has 0 radical (unpaired) electrons. The fourth-order valence-corrected chi connectivity index (χ4v) is 2.04. The zero-order valence-corrected chi connectivity index (χ0v) is 14.1. The minimum Gasteiger partial charge on any atom is -0.463 e. The van der Waals surface area contributed by atoms with Crippen molar-refractivity contribution < 1.29 is 28.6 Å². The van der Waals surface area contributed by atoms with Gasteiger partial charge in [0.2, 0.25) is 11.7 Å². The van der Waals surface area contributed by atoms with Crippen molar-refractivity contribution in [1.29, 1.82) is 0 Å². The van der Waals surface area contributed by atoms with Gasteiger partial charge < -0.3 is 20.3 Å². The third-order valence-corrected chi connectivity index (χ3v) is 3.81. The summed E-state index contributed by atoms with van der Waals surface area (Å²) in [5.74, 6) is -1.52. The van der Waals surface area contributed by atoms with E-state index in [1.807, 2.05) is 0 Å². The van der Waals surface area contributed by atoms with Crippen LogP contribution in [0.2, 0.25) is 0 Å². The molecule has 1 saturated heterocycles. The molecule has 0 unspecified atom stereocenters. The van der Waals surface area contributed by atoms with Crippen LogP contribution in [0.4, 0.5) is 0 Å². The molecular weight excluding hydrogens is 316 g/mol. The SMILES string of the molecule is CO[C@H](C)C(=O)N[C@@H](CCC(=O)C=[N+]=[N-])C(=O)OCCN1CCC1. The Labute approximate surface area is 140 Å². The van der Waals surface area contributed by atoms with Gasteiger partial charge in [-0.1, -0.05) is 0 Å². The molecule has 0 bridgehead atoms. The molecule has 24 heavy (non-hydrogen) atoms. The third-order valence-electron chi connectivity index (χ3n) is 3.81. The van der Waals surface area contributed by atoms with E-state index in [2.05, 4.69) is 15.0 Å². The number of Topliss-reactive ketones (excluding diaryl/α,β-unsaturated/α-hetero) is 1. The first-order valence-corrected chi connectivity index (χ1v) is 7.90. The molecule has 9 nitrogen and oxygen atoms in total. The Balaban J connectivity index is 2.52. The summed E-state index contributed by atoms with van der Waals surface area (Å²) < 4.78 is 10.1. The minimum atomic E-state index is -0.956. The van der Waals surface area contributed by atoms with Crippen LogP contribution in [0.1, 0.15) is 26.2 Å². The van der Waals surface area contributed by atoms with E-state index in [-0.39, 0.29) is 19.4 Å². The van der Waals surface area contributed by atoms with Crippen LogP contribution in [0.15, 0.2) is 0 Å². The topological polar surface area (TPSA) is 121 Å². The Bertz CT molecular complexity index is 500. The van der Waals surface area contributed by atoms with Crippen LogP contribution >= 0.6 is 0 Å². The van der Waals surface area contributed by atoms with E-state index in [0.29, 0.717) is 6.54 Å². The van der Waals surface area contributed by atoms with Crippen molar-refractivity contribution in [2.75, 3.05) is 33.4 Å². The van der Waals surface area contributed by atoms with E-state index in [0.717, 1.165) is 25.7 Å². The van der Waals surface area contributed by atoms with Crippen LogP contribution in [0.25, 0.3) is 5.53 Å². The van der Waals surface area contributed by atoms with Gasteiger partial charge in [0.05, 0.1) is 0 Å². The molecule has 0 aromatic heterocycles. The molecule has 1 amide bonds. The van der Waals surface area contributed by atoms with Crippen LogP contribution < -0.4 is 5.32 Å². The molecule has 9 heteroatoms. The van der Waals surface area contributed by atoms with Gasteiger partial charge in [-0.25, -0.2) is 4.79 Å². The second-order valence-electron chi connectivity index (χ2n) is 5.55. The Kier molecular flexibility index (Phi) is 8.85. The molecular formula is C15H24N4O5. The molecule has 0 aliphatic carbocycles. The number of carbonyl (C=O) groups excluding carboxylic acids is 3. The Morgan fingerprint density at radius 2 is 2.08 bits per heavy atom. The van der Waals surface area contributed by atoms with Gasteiger partial charge in [-0.2, -0.15) is 4.79 Å². The minimum absolute atomic E-state index is 0.0512. The van der Waals surface area contributed by atoms with Crippen LogP contribution in [0.5, 0.6) is 0 Å². The molecule has 134 valence electrons. The van der Waals surface area contributed by atoms with Crippen molar-refractivity contribution in [3.63, 3.8) is 0 Å². The van der Waals surface area contributed by atoms with Crippen LogP contribution in [0.3, 0.4) is 0 Å². The number of esters is 1. The lowest BCUT2D eigenvalue weighted by molar-refractivity contribution is -0.150. The molecule has 1 N–H and O–H groups in total. The molecule has 1 aliphatic rings. The third kappa shape index (κ3) is 6.99. The fraction of sp³-hybridized carbons (Fsp3) is 0.733. The van der Waals surface area contributed by atoms with Gasteiger partial charge in [0.15, 0.2) is 0 Å². The molecule has 1 heterocycles. The van der Waals surface area contributed by atoms with Crippen molar-refractivity contribution >= 4 is 23.9 Å². The first-order valence-electron chi connectivity index (χ1n) is 7.90. The van der Waals surface area contributed by atoms with Crippen molar-refractivity contribution in [1.82, 2.24) is 10.2 Å². The maximum atomic E-state index is 12.2. The number of rotatable bonds is 11. The average Bonchev–Trinajstić information content (AvgIpc) is 2.52. The maximum Gasteiger partial charge on any atom is 0.328 e. The molecule has 0 saturated carbocycles. The summed E-state index contributed by atoms with van der Waals surface area (Å²) in [7, 11) is 1.38. The normalized spacial score (nSPS) is 16.2. The van der Waals surface area contributed by atoms with Crippen molar-refractivity contribution in [2.45, 2.75) is 38.3 Å². The fourth-order valence-electron chi connectivity index (χ4n) is 2.04. The van der Waals surface area contributed by atoms with Gasteiger partial charge in [0.1, 0.15) is 18.8 Å². The van der Waals surface area contributed by atoms with Gasteiger partial charge in [-0.3, -0.25) is 14.5 Å². The number of nitrogens with zero attached hydrogens (tertiary/aromatic N) is 3. The Morgan fingerprint density at radius 3 is 2.62 bits per heavy atom. The number of amides is 1. The lowest BCUT2D eigenvalue weighted by atomic mass is 10.1. The van der Waals surface area contributed by atoms with Gasteiger partial charge in [-0.05, 0) is 32.9 Å². The number of hydrogen-bond donors (Lipinski definition) is 1. The molecule has 0 spiro atoms. The van der Waals surface area contributed by atoms with Crippen LogP contribution in [-0.2, 0) is 23.9 Å². The van der Waals surface area contributed by atoms with Crippen molar-refractivity contribution in [3.05, 3.63) is 5.53 Å². The van der Waals surface area contributed by atoms with E-state index in [9.17, 15) is 14.4 Å². The number of carbonyl (C=O) groups is 3. The number of ketones is 1. The summed E-state index contributed by atoms with van der Waals surface area (Å²) in [4.78, 5) is 40.2. The van der Waals surface area contributed by atoms with Gasteiger partial charge in [0, 0.05) is 20.1 Å². The second kappa shape index (κ2) is 10.6. The quantitative estimate of drug-likeness (QED) is 0.232. The predicted octanol–water partition coefficient (Wildman–Crippen LogP) is -0.595. The standard InChI is InChI=1S/C15H24N4O5/c1-11(23-2)14(21)18-13(5-4-12(20)10-17-16)15(22)24-9-8-19-6-3-7-19/h10-11,13H,3-9H2,1-2H3,(H,18,21)/t11-,13+/m1/s1. The Morgan fingerprint density at radius 1 is 1.38 bits per heavy atom. The first-order chi connectivity index (χ1) is 11.5. The highest BCUT2D eigenvalue weighted by Gasteiger charge is 2.26. The van der Waals surface area contributed by atoms with E-state index in [1.54, 1.807) is 6.92 Å². The highest BCUT2D eigenvalue weighted by atomic mass is 16.5. The van der Waals surface area contributed by atoms with Gasteiger partial charge in [0.25, 0.3) is 0 Å². The predicted molar refractivity (Wildman–Crippen MR) is 84.3 cm³/mol. The summed E-state index contributed by atoms with van der Waals surface area (Å²) in [6.07, 6.45) is 1.17. The summed E-state index contributed by atoms with van der Waals surface area (Å²) in [6.45, 7) is 4.43. The summed E-state index contributed by atoms with van der Waals surface area (Å²) in [5.41, 5.74) is 8.32. The zero-order chi connectivity index (χ0) is 17.9. The van der Waals surface area contributed by atoms with Crippen LogP contribution in [0, 0.1) is 0 Å². The number of ether oxygens (including phenoxy) is 2. The monoisotopic (exact) mass is 340 g/mol. The van der Waals surface area contributed by atoms with Crippen molar-refractivity contribution in [2.24, 2.45) is 0 Å². The Hall–Kier alpha value is -2.09. The smallest absolute Gasteiger partial charge is 0.328 e. The number of likely N-dealkylation sites (tertiary alicyclic amines) is 1. The molecule has 1 fully saturated rings.